The fourth-order valence-electron chi connectivity index (χ4n) is 5.52. The summed E-state index contributed by atoms with van der Waals surface area (Å²) in [5.74, 6) is 1.52. The van der Waals surface area contributed by atoms with Crippen molar-refractivity contribution in [3.8, 4) is 28.2 Å². The second kappa shape index (κ2) is 9.74. The van der Waals surface area contributed by atoms with E-state index in [1.54, 1.807) is 0 Å². The largest absolute Gasteiger partial charge is 0.464 e. The van der Waals surface area contributed by atoms with Crippen molar-refractivity contribution in [3.05, 3.63) is 114 Å². The lowest BCUT2D eigenvalue weighted by atomic mass is 9.88. The van der Waals surface area contributed by atoms with Crippen molar-refractivity contribution >= 4 is 27.6 Å². The van der Waals surface area contributed by atoms with Crippen LogP contribution in [0.4, 0.5) is 0 Å². The van der Waals surface area contributed by atoms with Crippen LogP contribution in [0.2, 0.25) is 0 Å². The first-order chi connectivity index (χ1) is 18.8. The molecule has 0 saturated carbocycles. The van der Waals surface area contributed by atoms with Gasteiger partial charge in [-0.25, -0.2) is 4.98 Å². The minimum Gasteiger partial charge on any atom is -0.464 e. The van der Waals surface area contributed by atoms with E-state index in [4.69, 9.17) is 9.40 Å². The van der Waals surface area contributed by atoms with E-state index in [1.165, 1.54) is 27.9 Å². The van der Waals surface area contributed by atoms with E-state index in [-0.39, 0.29) is 0 Å². The Balaban J connectivity index is 1.71. The molecule has 0 atom stereocenters. The van der Waals surface area contributed by atoms with Crippen LogP contribution in [-0.4, -0.2) is 9.55 Å². The van der Waals surface area contributed by atoms with Crippen LogP contribution in [0.1, 0.15) is 63.1 Å². The summed E-state index contributed by atoms with van der Waals surface area (Å²) in [6, 6.07) is 30.1. The monoisotopic (exact) mass is 510 g/mol. The van der Waals surface area contributed by atoms with Crippen molar-refractivity contribution in [2.45, 2.75) is 46.5 Å². The zero-order valence-electron chi connectivity index (χ0n) is 23.3. The molecule has 0 amide bonds. The third-order valence-electron chi connectivity index (χ3n) is 7.61. The first-order valence-corrected chi connectivity index (χ1v) is 13.7. The Hall–Kier alpha value is -4.37. The van der Waals surface area contributed by atoms with Gasteiger partial charge < -0.3 is 4.42 Å². The van der Waals surface area contributed by atoms with Crippen molar-refractivity contribution in [3.63, 3.8) is 0 Å². The molecule has 2 aromatic heterocycles. The molecule has 3 nitrogen and oxygen atoms in total. The Morgan fingerprint density at radius 3 is 2.13 bits per heavy atom. The summed E-state index contributed by atoms with van der Waals surface area (Å²) >= 11 is 0. The maximum atomic E-state index is 6.07. The highest BCUT2D eigenvalue weighted by Gasteiger charge is 2.25. The molecule has 3 heteroatoms. The molecule has 39 heavy (non-hydrogen) atoms. The van der Waals surface area contributed by atoms with Crippen molar-refractivity contribution < 1.29 is 4.42 Å². The van der Waals surface area contributed by atoms with E-state index >= 15 is 0 Å². The van der Waals surface area contributed by atoms with Crippen LogP contribution < -0.4 is 0 Å². The average Bonchev–Trinajstić information content (AvgIpc) is 3.53. The van der Waals surface area contributed by atoms with Crippen LogP contribution >= 0.6 is 0 Å². The molecule has 2 heterocycles. The normalized spacial score (nSPS) is 11.8. The molecule has 0 N–H and O–H groups in total. The Kier molecular flexibility index (Phi) is 6.23. The van der Waals surface area contributed by atoms with E-state index < -0.39 is 0 Å². The van der Waals surface area contributed by atoms with E-state index in [2.05, 4.69) is 118 Å². The fraction of sp³-hybridized carbons (Fsp3) is 0.194. The first kappa shape index (κ1) is 24.9. The molecule has 0 spiro atoms. The molecule has 6 aromatic rings. The Morgan fingerprint density at radius 1 is 0.795 bits per heavy atom. The maximum absolute atomic E-state index is 6.07. The standard InChI is InChI=1S/C36H34N2O/c1-22(2)26-16-17-34-30(18-26)31(21-39-34)36-37-32-14-10-11-15-33(32)38(36)35-28(23(3)4)19-27(20-29(35)24(5)6)25-12-8-7-9-13-25/h7-21,23-24H,1H2,2-6H3. The number of benzene rings is 4. The third-order valence-corrected chi connectivity index (χ3v) is 7.61. The molecule has 0 fully saturated rings. The number of allylic oxidation sites excluding steroid dienone is 1. The molecule has 0 aliphatic heterocycles. The number of aromatic nitrogens is 2. The minimum atomic E-state index is 0.311. The molecule has 0 radical (unpaired) electrons. The summed E-state index contributed by atoms with van der Waals surface area (Å²) in [4.78, 5) is 5.22. The van der Waals surface area contributed by atoms with Crippen LogP contribution in [0.15, 0.2) is 102 Å². The van der Waals surface area contributed by atoms with Gasteiger partial charge in [-0.15, -0.1) is 0 Å². The van der Waals surface area contributed by atoms with Gasteiger partial charge in [0.2, 0.25) is 0 Å². The molecule has 6 rings (SSSR count). The molecule has 194 valence electrons. The number of hydrogen-bond acceptors (Lipinski definition) is 2. The highest BCUT2D eigenvalue weighted by molar-refractivity contribution is 5.97. The molecule has 0 aliphatic rings. The van der Waals surface area contributed by atoms with Gasteiger partial charge in [-0.2, -0.15) is 0 Å². The predicted molar refractivity (Wildman–Crippen MR) is 165 cm³/mol. The van der Waals surface area contributed by atoms with Crippen LogP contribution in [0.3, 0.4) is 0 Å². The SMILES string of the molecule is C=C(C)c1ccc2occ(-c3nc4ccccc4n3-c3c(C(C)C)cc(-c4ccccc4)cc3C(C)C)c2c1. The van der Waals surface area contributed by atoms with Crippen LogP contribution in [0.25, 0.3) is 55.8 Å². The van der Waals surface area contributed by atoms with Crippen molar-refractivity contribution in [1.29, 1.82) is 0 Å². The lowest BCUT2D eigenvalue weighted by molar-refractivity contribution is 0.616. The first-order valence-electron chi connectivity index (χ1n) is 13.7. The molecular formula is C36H34N2O. The maximum Gasteiger partial charge on any atom is 0.149 e. The topological polar surface area (TPSA) is 31.0 Å². The number of hydrogen-bond donors (Lipinski definition) is 0. The quantitative estimate of drug-likeness (QED) is 0.223. The highest BCUT2D eigenvalue weighted by Crippen LogP contribution is 2.41. The molecule has 0 aliphatic carbocycles. The van der Waals surface area contributed by atoms with Crippen LogP contribution in [0, 0.1) is 0 Å². The number of rotatable bonds is 6. The second-order valence-electron chi connectivity index (χ2n) is 11.1. The van der Waals surface area contributed by atoms with Gasteiger partial charge in [0, 0.05) is 5.39 Å². The van der Waals surface area contributed by atoms with Gasteiger partial charge in [-0.1, -0.05) is 88.4 Å². The summed E-state index contributed by atoms with van der Waals surface area (Å²) in [5.41, 5.74) is 12.3. The predicted octanol–water partition coefficient (Wildman–Crippen LogP) is 10.4. The van der Waals surface area contributed by atoms with Crippen molar-refractivity contribution in [1.82, 2.24) is 9.55 Å². The molecule has 4 aromatic carbocycles. The Bertz CT molecular complexity index is 1800. The number of imidazole rings is 1. The van der Waals surface area contributed by atoms with Gasteiger partial charge >= 0.3 is 0 Å². The number of furan rings is 1. The summed E-state index contributed by atoms with van der Waals surface area (Å²) < 4.78 is 8.44. The molecule has 0 bridgehead atoms. The number of fused-ring (bicyclic) bond motifs is 2. The van der Waals surface area contributed by atoms with Crippen molar-refractivity contribution in [2.24, 2.45) is 0 Å². The zero-order valence-corrected chi connectivity index (χ0v) is 23.3. The second-order valence-corrected chi connectivity index (χ2v) is 11.1. The average molecular weight is 511 g/mol. The van der Waals surface area contributed by atoms with Gasteiger partial charge in [0.25, 0.3) is 0 Å². The summed E-state index contributed by atoms with van der Waals surface area (Å²) in [6.07, 6.45) is 1.85. The number of para-hydroxylation sites is 2. The highest BCUT2D eigenvalue weighted by atomic mass is 16.3. The van der Waals surface area contributed by atoms with Gasteiger partial charge in [0.1, 0.15) is 17.7 Å². The molecular weight excluding hydrogens is 476 g/mol. The van der Waals surface area contributed by atoms with Gasteiger partial charge in [0.05, 0.1) is 22.3 Å². The smallest absolute Gasteiger partial charge is 0.149 e. The number of nitrogens with zero attached hydrogens (tertiary/aromatic N) is 2. The molecule has 0 unspecified atom stereocenters. The van der Waals surface area contributed by atoms with Crippen LogP contribution in [-0.2, 0) is 0 Å². The summed E-state index contributed by atoms with van der Waals surface area (Å²) in [5, 5.41) is 1.05. The zero-order chi connectivity index (χ0) is 27.3. The van der Waals surface area contributed by atoms with E-state index in [0.29, 0.717) is 11.8 Å². The lowest BCUT2D eigenvalue weighted by Gasteiger charge is -2.24. The molecule has 0 saturated heterocycles. The lowest BCUT2D eigenvalue weighted by Crippen LogP contribution is -2.09. The summed E-state index contributed by atoms with van der Waals surface area (Å²) in [7, 11) is 0. The van der Waals surface area contributed by atoms with Gasteiger partial charge in [0.15, 0.2) is 0 Å². The van der Waals surface area contributed by atoms with E-state index in [1.807, 2.05) is 19.3 Å². The third kappa shape index (κ3) is 4.28. The minimum absolute atomic E-state index is 0.311. The Morgan fingerprint density at radius 2 is 1.46 bits per heavy atom. The van der Waals surface area contributed by atoms with E-state index in [0.717, 1.165) is 44.5 Å². The van der Waals surface area contributed by atoms with E-state index in [9.17, 15) is 0 Å². The van der Waals surface area contributed by atoms with Gasteiger partial charge in [-0.05, 0) is 83.0 Å². The van der Waals surface area contributed by atoms with Crippen LogP contribution in [0.5, 0.6) is 0 Å². The summed E-state index contributed by atoms with van der Waals surface area (Å²) in [6.45, 7) is 15.3. The Labute approximate surface area is 230 Å². The van der Waals surface area contributed by atoms with Gasteiger partial charge in [-0.3, -0.25) is 4.57 Å². The fourth-order valence-corrected chi connectivity index (χ4v) is 5.52. The van der Waals surface area contributed by atoms with Crippen molar-refractivity contribution in [2.75, 3.05) is 0 Å².